The van der Waals surface area contributed by atoms with Gasteiger partial charge in [0.1, 0.15) is 17.1 Å². The van der Waals surface area contributed by atoms with Crippen molar-refractivity contribution >= 4 is 11.6 Å². The Morgan fingerprint density at radius 2 is 2.03 bits per heavy atom. The second kappa shape index (κ2) is 7.95. The number of carbonyl (C=O) groups excluding carboxylic acids is 1. The summed E-state index contributed by atoms with van der Waals surface area (Å²) in [6.45, 7) is 0.458. The molecule has 3 aromatic heterocycles. The number of halogens is 3. The molecular weight excluding hydrogens is 437 g/mol. The van der Waals surface area contributed by atoms with E-state index < -0.39 is 17.8 Å². The lowest BCUT2D eigenvalue weighted by atomic mass is 10.1. The van der Waals surface area contributed by atoms with Crippen molar-refractivity contribution in [2.45, 2.75) is 25.1 Å². The van der Waals surface area contributed by atoms with Crippen LogP contribution < -0.4 is 4.74 Å². The van der Waals surface area contributed by atoms with Gasteiger partial charge in [0, 0.05) is 12.1 Å². The fourth-order valence-electron chi connectivity index (χ4n) is 4.25. The molecule has 7 nitrogen and oxygen atoms in total. The number of furan rings is 1. The number of hydrogen-bond donors (Lipinski definition) is 0. The number of methoxy groups -OCH3 is 1. The first-order valence-electron chi connectivity index (χ1n) is 10.3. The van der Waals surface area contributed by atoms with E-state index in [-0.39, 0.29) is 22.9 Å². The SMILES string of the molecule is COc1ccccc1-c1cc(C(F)(F)F)n2ncc(C(=O)N3CCC[C@@H]3c3ccco3)c2n1. The van der Waals surface area contributed by atoms with Gasteiger partial charge in [-0.3, -0.25) is 4.79 Å². The summed E-state index contributed by atoms with van der Waals surface area (Å²) in [5.41, 5.74) is -0.791. The molecule has 0 radical (unpaired) electrons. The molecule has 0 bridgehead atoms. The van der Waals surface area contributed by atoms with Gasteiger partial charge in [-0.25, -0.2) is 9.50 Å². The Kier molecular flexibility index (Phi) is 5.07. The predicted molar refractivity (Wildman–Crippen MR) is 112 cm³/mol. The minimum Gasteiger partial charge on any atom is -0.496 e. The summed E-state index contributed by atoms with van der Waals surface area (Å²) >= 11 is 0. The number of aromatic nitrogens is 3. The zero-order valence-corrected chi connectivity index (χ0v) is 17.5. The quantitative estimate of drug-likeness (QED) is 0.433. The fraction of sp³-hybridized carbons (Fsp3) is 0.261. The van der Waals surface area contributed by atoms with Gasteiger partial charge in [0.15, 0.2) is 11.3 Å². The number of hydrogen-bond acceptors (Lipinski definition) is 5. The van der Waals surface area contributed by atoms with Crippen LogP contribution in [-0.4, -0.2) is 39.1 Å². The van der Waals surface area contributed by atoms with Crippen molar-refractivity contribution in [2.24, 2.45) is 0 Å². The van der Waals surface area contributed by atoms with Crippen molar-refractivity contribution < 1.29 is 27.1 Å². The number of amides is 1. The van der Waals surface area contributed by atoms with Gasteiger partial charge in [-0.15, -0.1) is 0 Å². The van der Waals surface area contributed by atoms with Crippen LogP contribution in [0.25, 0.3) is 16.9 Å². The number of benzene rings is 1. The molecular formula is C23H19F3N4O3. The first kappa shape index (κ1) is 21.0. The number of rotatable bonds is 4. The number of para-hydroxylation sites is 1. The van der Waals surface area contributed by atoms with E-state index in [1.165, 1.54) is 13.4 Å². The lowest BCUT2D eigenvalue weighted by molar-refractivity contribution is -0.142. The van der Waals surface area contributed by atoms with Crippen molar-refractivity contribution in [3.05, 3.63) is 71.9 Å². The molecule has 10 heteroatoms. The van der Waals surface area contributed by atoms with Gasteiger partial charge in [0.2, 0.25) is 0 Å². The van der Waals surface area contributed by atoms with Crippen LogP contribution in [0.4, 0.5) is 13.2 Å². The maximum absolute atomic E-state index is 13.9. The van der Waals surface area contributed by atoms with E-state index in [0.717, 1.165) is 18.7 Å². The van der Waals surface area contributed by atoms with Crippen molar-refractivity contribution in [2.75, 3.05) is 13.7 Å². The van der Waals surface area contributed by atoms with Crippen molar-refractivity contribution in [1.29, 1.82) is 0 Å². The molecule has 1 aliphatic heterocycles. The summed E-state index contributed by atoms with van der Waals surface area (Å²) in [6.07, 6.45) is -0.587. The lowest BCUT2D eigenvalue weighted by Crippen LogP contribution is -2.30. The summed E-state index contributed by atoms with van der Waals surface area (Å²) < 4.78 is 53.2. The Morgan fingerprint density at radius 1 is 1.21 bits per heavy atom. The number of ether oxygens (including phenoxy) is 1. The number of carbonyl (C=O) groups is 1. The second-order valence-electron chi connectivity index (χ2n) is 7.69. The van der Waals surface area contributed by atoms with Gasteiger partial charge >= 0.3 is 6.18 Å². The number of fused-ring (bicyclic) bond motifs is 1. The van der Waals surface area contributed by atoms with Crippen LogP contribution in [-0.2, 0) is 6.18 Å². The van der Waals surface area contributed by atoms with Gasteiger partial charge in [-0.1, -0.05) is 12.1 Å². The van der Waals surface area contributed by atoms with Crippen LogP contribution in [0, 0.1) is 0 Å². The minimum absolute atomic E-state index is 0.00398. The number of alkyl halides is 3. The molecule has 0 saturated carbocycles. The van der Waals surface area contributed by atoms with Gasteiger partial charge in [0.25, 0.3) is 5.91 Å². The van der Waals surface area contributed by atoms with Crippen LogP contribution in [0.5, 0.6) is 5.75 Å². The van der Waals surface area contributed by atoms with E-state index >= 15 is 0 Å². The molecule has 1 atom stereocenters. The molecule has 0 unspecified atom stereocenters. The standard InChI is InChI=1S/C23H19F3N4O3/c1-32-18-8-3-2-6-14(18)16-12-20(23(24,25)26)30-21(28-16)15(13-27-30)22(31)29-10-4-7-17(29)19-9-5-11-33-19/h2-3,5-6,8-9,11-13,17H,4,7,10H2,1H3/t17-/m1/s1. The van der Waals surface area contributed by atoms with Gasteiger partial charge in [-0.05, 0) is 43.2 Å². The first-order valence-corrected chi connectivity index (χ1v) is 10.3. The molecule has 0 spiro atoms. The second-order valence-corrected chi connectivity index (χ2v) is 7.69. The minimum atomic E-state index is -4.71. The van der Waals surface area contributed by atoms with E-state index in [1.807, 2.05) is 0 Å². The zero-order valence-electron chi connectivity index (χ0n) is 17.5. The summed E-state index contributed by atoms with van der Waals surface area (Å²) in [6, 6.07) is 10.8. The number of likely N-dealkylation sites (tertiary alicyclic amines) is 1. The van der Waals surface area contributed by atoms with Gasteiger partial charge < -0.3 is 14.1 Å². The molecule has 1 amide bonds. The van der Waals surface area contributed by atoms with E-state index in [9.17, 15) is 18.0 Å². The predicted octanol–water partition coefficient (Wildman–Crippen LogP) is 4.99. The monoisotopic (exact) mass is 456 g/mol. The van der Waals surface area contributed by atoms with Crippen molar-refractivity contribution in [3.63, 3.8) is 0 Å². The van der Waals surface area contributed by atoms with Crippen LogP contribution in [0.3, 0.4) is 0 Å². The molecule has 0 aliphatic carbocycles. The number of nitrogens with zero attached hydrogens (tertiary/aromatic N) is 4. The van der Waals surface area contributed by atoms with Gasteiger partial charge in [-0.2, -0.15) is 18.3 Å². The highest BCUT2D eigenvalue weighted by atomic mass is 19.4. The molecule has 4 heterocycles. The Morgan fingerprint density at radius 3 is 2.76 bits per heavy atom. The highest BCUT2D eigenvalue weighted by molar-refractivity contribution is 6.00. The Balaban J connectivity index is 1.66. The normalized spacial score (nSPS) is 16.5. The molecule has 170 valence electrons. The average Bonchev–Trinajstić information content (AvgIpc) is 3.57. The first-order chi connectivity index (χ1) is 15.9. The van der Waals surface area contributed by atoms with Crippen LogP contribution >= 0.6 is 0 Å². The third-order valence-corrected chi connectivity index (χ3v) is 5.76. The maximum Gasteiger partial charge on any atom is 0.433 e. The van der Waals surface area contributed by atoms with Crippen LogP contribution in [0.1, 0.15) is 40.7 Å². The van der Waals surface area contributed by atoms with Crippen molar-refractivity contribution in [3.8, 4) is 17.0 Å². The maximum atomic E-state index is 13.9. The van der Waals surface area contributed by atoms with Crippen LogP contribution in [0.2, 0.25) is 0 Å². The molecule has 1 aliphatic rings. The summed E-state index contributed by atoms with van der Waals surface area (Å²) in [5.74, 6) is 0.560. The molecule has 1 saturated heterocycles. The smallest absolute Gasteiger partial charge is 0.433 e. The molecule has 1 aromatic carbocycles. The third kappa shape index (κ3) is 3.61. The summed E-state index contributed by atoms with van der Waals surface area (Å²) in [4.78, 5) is 19.5. The topological polar surface area (TPSA) is 72.9 Å². The van der Waals surface area contributed by atoms with E-state index in [2.05, 4.69) is 10.1 Å². The molecule has 33 heavy (non-hydrogen) atoms. The Hall–Kier alpha value is -3.82. The molecule has 5 rings (SSSR count). The van der Waals surface area contributed by atoms with E-state index in [4.69, 9.17) is 9.15 Å². The lowest BCUT2D eigenvalue weighted by Gasteiger charge is -2.22. The highest BCUT2D eigenvalue weighted by Crippen LogP contribution is 2.37. The van der Waals surface area contributed by atoms with Crippen LogP contribution in [0.15, 0.2) is 59.3 Å². The highest BCUT2D eigenvalue weighted by Gasteiger charge is 2.38. The van der Waals surface area contributed by atoms with E-state index in [0.29, 0.717) is 34.6 Å². The van der Waals surface area contributed by atoms with Crippen molar-refractivity contribution in [1.82, 2.24) is 19.5 Å². The largest absolute Gasteiger partial charge is 0.496 e. The average molecular weight is 456 g/mol. The Bertz CT molecular complexity index is 1310. The molecule has 1 fully saturated rings. The molecule has 4 aromatic rings. The Labute approximate surface area is 186 Å². The summed E-state index contributed by atoms with van der Waals surface area (Å²) in [5, 5.41) is 3.87. The molecule has 0 N–H and O–H groups in total. The van der Waals surface area contributed by atoms with E-state index in [1.54, 1.807) is 41.3 Å². The van der Waals surface area contributed by atoms with Gasteiger partial charge in [0.05, 0.1) is 31.3 Å². The zero-order chi connectivity index (χ0) is 23.2. The fourth-order valence-corrected chi connectivity index (χ4v) is 4.25. The third-order valence-electron chi connectivity index (χ3n) is 5.76. The summed E-state index contributed by atoms with van der Waals surface area (Å²) in [7, 11) is 1.43.